The minimum Gasteiger partial charge on any atom is -0.493 e. The van der Waals surface area contributed by atoms with Crippen LogP contribution in [0.25, 0.3) is 10.9 Å². The van der Waals surface area contributed by atoms with E-state index in [4.69, 9.17) is 4.74 Å². The molecule has 1 aromatic carbocycles. The Bertz CT molecular complexity index is 976. The number of hydrogen-bond acceptors (Lipinski definition) is 5. The molecule has 1 fully saturated rings. The number of carbonyl (C=O) groups excluding carboxylic acids is 1. The molecule has 1 amide bonds. The van der Waals surface area contributed by atoms with Crippen LogP contribution in [0.3, 0.4) is 0 Å². The van der Waals surface area contributed by atoms with Gasteiger partial charge < -0.3 is 15.4 Å². The molecule has 0 saturated carbocycles. The van der Waals surface area contributed by atoms with Gasteiger partial charge in [0, 0.05) is 18.6 Å². The Morgan fingerprint density at radius 2 is 2.30 bits per heavy atom. The monoisotopic (exact) mass is 365 g/mol. The van der Waals surface area contributed by atoms with E-state index >= 15 is 0 Å². The van der Waals surface area contributed by atoms with Gasteiger partial charge in [0.2, 0.25) is 0 Å². The van der Waals surface area contributed by atoms with E-state index in [0.29, 0.717) is 23.5 Å². The van der Waals surface area contributed by atoms with Crippen LogP contribution < -0.4 is 15.4 Å². The summed E-state index contributed by atoms with van der Waals surface area (Å²) in [5, 5.41) is 11.8. The quantitative estimate of drug-likeness (QED) is 0.726. The van der Waals surface area contributed by atoms with Gasteiger partial charge in [-0.05, 0) is 56.6 Å². The van der Waals surface area contributed by atoms with Gasteiger partial charge in [-0.25, -0.2) is 0 Å². The van der Waals surface area contributed by atoms with Crippen molar-refractivity contribution in [2.45, 2.75) is 25.8 Å². The van der Waals surface area contributed by atoms with E-state index in [-0.39, 0.29) is 11.9 Å². The summed E-state index contributed by atoms with van der Waals surface area (Å²) >= 11 is 0. The maximum Gasteiger partial charge on any atom is 0.273 e. The summed E-state index contributed by atoms with van der Waals surface area (Å²) in [4.78, 5) is 17.3. The number of benzene rings is 1. The molecular formula is C20H23N5O2. The Hall–Kier alpha value is -2.93. The summed E-state index contributed by atoms with van der Waals surface area (Å²) in [6.45, 7) is 3.51. The molecule has 1 atom stereocenters. The van der Waals surface area contributed by atoms with Crippen molar-refractivity contribution < 1.29 is 9.53 Å². The molecule has 0 aliphatic carbocycles. The van der Waals surface area contributed by atoms with Gasteiger partial charge in [0.05, 0.1) is 29.5 Å². The second kappa shape index (κ2) is 7.36. The molecule has 2 N–H and O–H groups in total. The van der Waals surface area contributed by atoms with E-state index in [1.807, 2.05) is 37.3 Å². The number of amides is 1. The standard InChI is InChI=1S/C20H23N5O2/c1-3-27-18-9-8-15(19-13(18)6-4-11-22-19)23-20(26)17-12-16(24-25(17)2)14-7-5-10-21-14/h4,6,8-9,11-12,14,21H,3,5,7,10H2,1-2H3,(H,23,26). The zero-order valence-corrected chi connectivity index (χ0v) is 15.5. The summed E-state index contributed by atoms with van der Waals surface area (Å²) < 4.78 is 7.30. The van der Waals surface area contributed by atoms with E-state index < -0.39 is 0 Å². The van der Waals surface area contributed by atoms with Crippen molar-refractivity contribution in [1.29, 1.82) is 0 Å². The highest BCUT2D eigenvalue weighted by Crippen LogP contribution is 2.30. The lowest BCUT2D eigenvalue weighted by Gasteiger charge is -2.11. The third-order valence-corrected chi connectivity index (χ3v) is 4.83. The first-order valence-corrected chi connectivity index (χ1v) is 9.26. The Balaban J connectivity index is 1.63. The Labute approximate surface area is 157 Å². The molecule has 7 nitrogen and oxygen atoms in total. The van der Waals surface area contributed by atoms with Gasteiger partial charge in [-0.15, -0.1) is 0 Å². The number of aromatic nitrogens is 3. The summed E-state index contributed by atoms with van der Waals surface area (Å²) in [6.07, 6.45) is 3.89. The largest absolute Gasteiger partial charge is 0.493 e. The van der Waals surface area contributed by atoms with Crippen LogP contribution in [-0.2, 0) is 7.05 Å². The number of carbonyl (C=O) groups is 1. The number of nitrogens with one attached hydrogen (secondary N) is 2. The zero-order chi connectivity index (χ0) is 18.8. The maximum absolute atomic E-state index is 12.9. The van der Waals surface area contributed by atoms with Crippen LogP contribution >= 0.6 is 0 Å². The number of fused-ring (bicyclic) bond motifs is 1. The molecule has 1 unspecified atom stereocenters. The van der Waals surface area contributed by atoms with E-state index in [1.165, 1.54) is 0 Å². The highest BCUT2D eigenvalue weighted by molar-refractivity contribution is 6.08. The molecule has 1 aliphatic rings. The second-order valence-corrected chi connectivity index (χ2v) is 6.62. The SMILES string of the molecule is CCOc1ccc(NC(=O)c2cc(C3CCCN3)nn2C)c2ncccc12. The summed E-state index contributed by atoms with van der Waals surface area (Å²) in [7, 11) is 1.79. The molecule has 3 aromatic rings. The van der Waals surface area contributed by atoms with Crippen molar-refractivity contribution in [2.75, 3.05) is 18.5 Å². The predicted molar refractivity (Wildman–Crippen MR) is 104 cm³/mol. The van der Waals surface area contributed by atoms with Gasteiger partial charge >= 0.3 is 0 Å². The Morgan fingerprint density at radius 1 is 1.41 bits per heavy atom. The topological polar surface area (TPSA) is 81.1 Å². The number of hydrogen-bond donors (Lipinski definition) is 2. The molecule has 1 saturated heterocycles. The first-order chi connectivity index (χ1) is 13.2. The Morgan fingerprint density at radius 3 is 3.07 bits per heavy atom. The van der Waals surface area contributed by atoms with Crippen molar-refractivity contribution in [3.8, 4) is 5.75 Å². The lowest BCUT2D eigenvalue weighted by molar-refractivity contribution is 0.101. The molecule has 140 valence electrons. The highest BCUT2D eigenvalue weighted by Gasteiger charge is 2.22. The van der Waals surface area contributed by atoms with Gasteiger partial charge in [0.1, 0.15) is 11.4 Å². The van der Waals surface area contributed by atoms with Crippen LogP contribution in [0.2, 0.25) is 0 Å². The normalized spacial score (nSPS) is 16.6. The first kappa shape index (κ1) is 17.5. The summed E-state index contributed by atoms with van der Waals surface area (Å²) in [6, 6.07) is 9.58. The molecule has 0 radical (unpaired) electrons. The molecule has 4 rings (SSSR count). The summed E-state index contributed by atoms with van der Waals surface area (Å²) in [5.74, 6) is 0.555. The van der Waals surface area contributed by atoms with E-state index in [2.05, 4.69) is 20.7 Å². The van der Waals surface area contributed by atoms with Gasteiger partial charge in [-0.3, -0.25) is 14.5 Å². The minimum absolute atomic E-state index is 0.203. The van der Waals surface area contributed by atoms with Crippen molar-refractivity contribution in [1.82, 2.24) is 20.1 Å². The average molecular weight is 365 g/mol. The molecule has 27 heavy (non-hydrogen) atoms. The number of rotatable bonds is 5. The Kier molecular flexibility index (Phi) is 4.77. The fraction of sp³-hybridized carbons (Fsp3) is 0.350. The van der Waals surface area contributed by atoms with E-state index in [9.17, 15) is 4.79 Å². The van der Waals surface area contributed by atoms with Crippen molar-refractivity contribution in [3.05, 3.63) is 47.9 Å². The van der Waals surface area contributed by atoms with Gasteiger partial charge in [-0.2, -0.15) is 5.10 Å². The number of aryl methyl sites for hydroxylation is 1. The molecular weight excluding hydrogens is 342 g/mol. The van der Waals surface area contributed by atoms with Crippen LogP contribution in [0.15, 0.2) is 36.5 Å². The van der Waals surface area contributed by atoms with Gasteiger partial charge in [-0.1, -0.05) is 0 Å². The van der Waals surface area contributed by atoms with Crippen LogP contribution in [0.5, 0.6) is 5.75 Å². The van der Waals surface area contributed by atoms with Crippen molar-refractivity contribution in [2.24, 2.45) is 7.05 Å². The third-order valence-electron chi connectivity index (χ3n) is 4.83. The average Bonchev–Trinajstić information content (AvgIpc) is 3.33. The number of anilines is 1. The fourth-order valence-electron chi connectivity index (χ4n) is 3.52. The molecule has 2 aromatic heterocycles. The van der Waals surface area contributed by atoms with Crippen molar-refractivity contribution in [3.63, 3.8) is 0 Å². The van der Waals surface area contributed by atoms with Crippen molar-refractivity contribution >= 4 is 22.5 Å². The number of pyridine rings is 1. The van der Waals surface area contributed by atoms with Crippen LogP contribution in [0.1, 0.15) is 42.0 Å². The first-order valence-electron chi connectivity index (χ1n) is 9.26. The van der Waals surface area contributed by atoms with E-state index in [1.54, 1.807) is 17.9 Å². The van der Waals surface area contributed by atoms with Crippen LogP contribution in [0.4, 0.5) is 5.69 Å². The van der Waals surface area contributed by atoms with E-state index in [0.717, 1.165) is 36.2 Å². The minimum atomic E-state index is -0.203. The lowest BCUT2D eigenvalue weighted by atomic mass is 10.1. The van der Waals surface area contributed by atoms with Gasteiger partial charge in [0.25, 0.3) is 5.91 Å². The smallest absolute Gasteiger partial charge is 0.273 e. The second-order valence-electron chi connectivity index (χ2n) is 6.62. The molecule has 3 heterocycles. The van der Waals surface area contributed by atoms with Crippen LogP contribution in [0, 0.1) is 0 Å². The lowest BCUT2D eigenvalue weighted by Crippen LogP contribution is -2.16. The predicted octanol–water partition coefficient (Wildman–Crippen LogP) is 3.04. The number of nitrogens with zero attached hydrogens (tertiary/aromatic N) is 3. The maximum atomic E-state index is 12.9. The van der Waals surface area contributed by atoms with Gasteiger partial charge in [0.15, 0.2) is 0 Å². The van der Waals surface area contributed by atoms with Crippen LogP contribution in [-0.4, -0.2) is 33.8 Å². The molecule has 0 spiro atoms. The molecule has 7 heteroatoms. The fourth-order valence-corrected chi connectivity index (χ4v) is 3.52. The zero-order valence-electron chi connectivity index (χ0n) is 15.5. The highest BCUT2D eigenvalue weighted by atomic mass is 16.5. The summed E-state index contributed by atoms with van der Waals surface area (Å²) in [5.41, 5.74) is 2.80. The number of ether oxygens (including phenoxy) is 1. The molecule has 0 bridgehead atoms. The molecule has 1 aliphatic heterocycles. The third kappa shape index (κ3) is 3.38.